The van der Waals surface area contributed by atoms with Gasteiger partial charge in [-0.15, -0.1) is 0 Å². The smallest absolute Gasteiger partial charge is 0.232 e. The zero-order valence-electron chi connectivity index (χ0n) is 13.8. The van der Waals surface area contributed by atoms with E-state index >= 15 is 0 Å². The molecule has 1 unspecified atom stereocenters. The third-order valence-electron chi connectivity index (χ3n) is 4.28. The summed E-state index contributed by atoms with van der Waals surface area (Å²) >= 11 is 0. The lowest BCUT2D eigenvalue weighted by atomic mass is 10.2. The van der Waals surface area contributed by atoms with Gasteiger partial charge in [-0.05, 0) is 31.7 Å². The Labute approximate surface area is 139 Å². The van der Waals surface area contributed by atoms with Gasteiger partial charge in [-0.3, -0.25) is 5.10 Å². The van der Waals surface area contributed by atoms with Gasteiger partial charge in [-0.1, -0.05) is 0 Å². The van der Waals surface area contributed by atoms with Gasteiger partial charge in [0.1, 0.15) is 11.5 Å². The molecule has 8 nitrogen and oxygen atoms in total. The van der Waals surface area contributed by atoms with Crippen molar-refractivity contribution < 1.29 is 4.74 Å². The van der Waals surface area contributed by atoms with Gasteiger partial charge in [0.2, 0.25) is 5.95 Å². The molecule has 0 spiro atoms. The van der Waals surface area contributed by atoms with E-state index in [-0.39, 0.29) is 0 Å². The van der Waals surface area contributed by atoms with Crippen molar-refractivity contribution in [3.05, 3.63) is 24.0 Å². The number of nitrogens with one attached hydrogen (secondary N) is 4. The van der Waals surface area contributed by atoms with E-state index in [1.54, 1.807) is 7.11 Å². The van der Waals surface area contributed by atoms with E-state index < -0.39 is 0 Å². The Morgan fingerprint density at radius 1 is 1.38 bits per heavy atom. The molecule has 0 bridgehead atoms. The Hall–Kier alpha value is -2.61. The number of rotatable bonds is 7. The molecule has 0 radical (unpaired) electrons. The maximum Gasteiger partial charge on any atom is 0.232 e. The fourth-order valence-electron chi connectivity index (χ4n) is 2.81. The Kier molecular flexibility index (Phi) is 3.81. The Morgan fingerprint density at radius 3 is 3.04 bits per heavy atom. The number of fused-ring (bicyclic) bond motifs is 1. The molecular formula is C16H21N7O. The third-order valence-corrected chi connectivity index (χ3v) is 4.28. The lowest BCUT2D eigenvalue weighted by Crippen LogP contribution is -2.18. The van der Waals surface area contributed by atoms with Crippen LogP contribution in [0.5, 0.6) is 0 Å². The molecule has 126 valence electrons. The van der Waals surface area contributed by atoms with Crippen molar-refractivity contribution >= 4 is 28.6 Å². The summed E-state index contributed by atoms with van der Waals surface area (Å²) in [5.41, 5.74) is 1.69. The maximum absolute atomic E-state index is 5.08. The highest BCUT2D eigenvalue weighted by Gasteiger charge is 2.28. The van der Waals surface area contributed by atoms with Gasteiger partial charge in [-0.2, -0.15) is 15.1 Å². The zero-order valence-corrected chi connectivity index (χ0v) is 13.8. The Balaban J connectivity index is 1.59. The number of anilines is 3. The van der Waals surface area contributed by atoms with E-state index in [9.17, 15) is 0 Å². The third kappa shape index (κ3) is 3.05. The molecule has 1 atom stereocenters. The number of hydrogen-bond donors (Lipinski definition) is 4. The molecule has 8 heteroatoms. The van der Waals surface area contributed by atoms with Crippen molar-refractivity contribution in [1.29, 1.82) is 0 Å². The highest BCUT2D eigenvalue weighted by molar-refractivity contribution is 5.88. The van der Waals surface area contributed by atoms with Crippen LogP contribution in [0.25, 0.3) is 11.0 Å². The van der Waals surface area contributed by atoms with Crippen molar-refractivity contribution in [2.45, 2.75) is 32.4 Å². The lowest BCUT2D eigenvalue weighted by Gasteiger charge is -2.15. The number of nitrogens with zero attached hydrogens (tertiary/aromatic N) is 3. The molecule has 0 amide bonds. The van der Waals surface area contributed by atoms with E-state index in [0.717, 1.165) is 28.5 Å². The van der Waals surface area contributed by atoms with Crippen LogP contribution in [0, 0.1) is 5.92 Å². The standard InChI is InChI=1S/C16H21N7O/c1-9(10-3-4-10)18-15-12-5-6-17-14(12)20-16(21-15)19-13-7-11(8-24-2)22-23-13/h5-7,9-10H,3-4,8H2,1-2H3,(H4,17,18,19,20,21,22,23). The van der Waals surface area contributed by atoms with Crippen molar-refractivity contribution in [3.8, 4) is 0 Å². The second-order valence-electron chi connectivity index (χ2n) is 6.24. The zero-order chi connectivity index (χ0) is 16.5. The minimum atomic E-state index is 0.407. The minimum Gasteiger partial charge on any atom is -0.378 e. The number of hydrogen-bond acceptors (Lipinski definition) is 6. The summed E-state index contributed by atoms with van der Waals surface area (Å²) in [5.74, 6) is 2.75. The molecule has 0 saturated heterocycles. The molecular weight excluding hydrogens is 306 g/mol. The number of H-pyrrole nitrogens is 2. The van der Waals surface area contributed by atoms with Crippen LogP contribution < -0.4 is 10.6 Å². The van der Waals surface area contributed by atoms with Gasteiger partial charge < -0.3 is 20.4 Å². The first-order chi connectivity index (χ1) is 11.7. The first kappa shape index (κ1) is 14.9. The second-order valence-corrected chi connectivity index (χ2v) is 6.24. The van der Waals surface area contributed by atoms with Crippen LogP contribution in [0.4, 0.5) is 17.6 Å². The summed E-state index contributed by atoms with van der Waals surface area (Å²) in [4.78, 5) is 12.3. The maximum atomic E-state index is 5.08. The van der Waals surface area contributed by atoms with Crippen LogP contribution in [0.3, 0.4) is 0 Å². The Bertz CT molecular complexity index is 836. The number of aromatic amines is 2. The van der Waals surface area contributed by atoms with Gasteiger partial charge in [0.25, 0.3) is 0 Å². The van der Waals surface area contributed by atoms with E-state index in [2.05, 4.69) is 42.7 Å². The number of ether oxygens (including phenoxy) is 1. The van der Waals surface area contributed by atoms with E-state index in [0.29, 0.717) is 24.4 Å². The molecule has 0 aromatic carbocycles. The molecule has 3 aromatic rings. The normalized spacial score (nSPS) is 15.6. The molecule has 1 aliphatic rings. The van der Waals surface area contributed by atoms with Crippen molar-refractivity contribution in [2.75, 3.05) is 17.7 Å². The summed E-state index contributed by atoms with van der Waals surface area (Å²) in [7, 11) is 1.65. The van der Waals surface area contributed by atoms with Gasteiger partial charge in [0.15, 0.2) is 5.82 Å². The van der Waals surface area contributed by atoms with Gasteiger partial charge in [-0.25, -0.2) is 0 Å². The van der Waals surface area contributed by atoms with Crippen molar-refractivity contribution in [1.82, 2.24) is 25.1 Å². The fraction of sp³-hybridized carbons (Fsp3) is 0.438. The van der Waals surface area contributed by atoms with Gasteiger partial charge in [0.05, 0.1) is 17.7 Å². The average Bonchev–Trinajstić information content (AvgIpc) is 3.16. The Morgan fingerprint density at radius 2 is 2.25 bits per heavy atom. The molecule has 1 saturated carbocycles. The van der Waals surface area contributed by atoms with Crippen LogP contribution in [-0.2, 0) is 11.3 Å². The molecule has 1 aliphatic carbocycles. The van der Waals surface area contributed by atoms with E-state index in [4.69, 9.17) is 4.74 Å². The second kappa shape index (κ2) is 6.12. The van der Waals surface area contributed by atoms with Crippen LogP contribution in [0.15, 0.2) is 18.3 Å². The van der Waals surface area contributed by atoms with Crippen LogP contribution >= 0.6 is 0 Å². The molecule has 0 aliphatic heterocycles. The summed E-state index contributed by atoms with van der Waals surface area (Å²) in [5, 5.41) is 14.8. The van der Waals surface area contributed by atoms with Crippen LogP contribution in [-0.4, -0.2) is 38.3 Å². The number of aromatic nitrogens is 5. The summed E-state index contributed by atoms with van der Waals surface area (Å²) in [6.07, 6.45) is 4.45. The highest BCUT2D eigenvalue weighted by Crippen LogP contribution is 2.34. The predicted octanol–water partition coefficient (Wildman–Crippen LogP) is 2.78. The molecule has 4 N–H and O–H groups in total. The summed E-state index contributed by atoms with van der Waals surface area (Å²) < 4.78 is 5.08. The minimum absolute atomic E-state index is 0.407. The molecule has 3 heterocycles. The monoisotopic (exact) mass is 327 g/mol. The molecule has 24 heavy (non-hydrogen) atoms. The van der Waals surface area contributed by atoms with Crippen molar-refractivity contribution in [2.24, 2.45) is 5.92 Å². The van der Waals surface area contributed by atoms with Gasteiger partial charge in [0, 0.05) is 25.4 Å². The molecule has 4 rings (SSSR count). The molecule has 1 fully saturated rings. The molecule has 3 aromatic heterocycles. The average molecular weight is 327 g/mol. The SMILES string of the molecule is COCc1cc(Nc2nc(NC(C)C3CC3)c3cc[nH]c3n2)n[nH]1. The topological polar surface area (TPSA) is 104 Å². The summed E-state index contributed by atoms with van der Waals surface area (Å²) in [6.45, 7) is 2.69. The number of methoxy groups -OCH3 is 1. The highest BCUT2D eigenvalue weighted by atomic mass is 16.5. The first-order valence-corrected chi connectivity index (χ1v) is 8.15. The van der Waals surface area contributed by atoms with Crippen LogP contribution in [0.2, 0.25) is 0 Å². The predicted molar refractivity (Wildman–Crippen MR) is 92.3 cm³/mol. The van der Waals surface area contributed by atoms with Gasteiger partial charge >= 0.3 is 0 Å². The van der Waals surface area contributed by atoms with E-state index in [1.165, 1.54) is 12.8 Å². The van der Waals surface area contributed by atoms with Crippen LogP contribution in [0.1, 0.15) is 25.5 Å². The summed E-state index contributed by atoms with van der Waals surface area (Å²) in [6, 6.07) is 4.28. The van der Waals surface area contributed by atoms with Crippen molar-refractivity contribution in [3.63, 3.8) is 0 Å². The largest absolute Gasteiger partial charge is 0.378 e. The fourth-order valence-corrected chi connectivity index (χ4v) is 2.81. The lowest BCUT2D eigenvalue weighted by molar-refractivity contribution is 0.181. The quantitative estimate of drug-likeness (QED) is 0.532. The first-order valence-electron chi connectivity index (χ1n) is 8.15. The van der Waals surface area contributed by atoms with E-state index in [1.807, 2.05) is 18.3 Å².